The monoisotopic (exact) mass is 290 g/mol. The van der Waals surface area contributed by atoms with Gasteiger partial charge in [-0.05, 0) is 44.4 Å². The Balaban J connectivity index is 2.29. The average molecular weight is 290 g/mol. The van der Waals surface area contributed by atoms with Crippen LogP contribution in [0.5, 0.6) is 0 Å². The molecule has 1 atom stereocenters. The van der Waals surface area contributed by atoms with Crippen molar-refractivity contribution in [2.75, 3.05) is 29.2 Å². The first kappa shape index (κ1) is 14.9. The number of hydrogen-bond donors (Lipinski definition) is 2. The van der Waals surface area contributed by atoms with Gasteiger partial charge in [-0.2, -0.15) is 16.7 Å². The van der Waals surface area contributed by atoms with Crippen LogP contribution in [0.1, 0.15) is 20.3 Å². The normalized spacial score (nSPS) is 12.3. The Kier molecular flexibility index (Phi) is 5.47. The number of hydrogen-bond acceptors (Lipinski definition) is 5. The number of thioether (sulfide) groups is 1. The smallest absolute Gasteiger partial charge is 0.225 e. The van der Waals surface area contributed by atoms with Crippen molar-refractivity contribution in [1.29, 1.82) is 0 Å². The van der Waals surface area contributed by atoms with E-state index < -0.39 is 0 Å². The minimum absolute atomic E-state index is 0.398. The van der Waals surface area contributed by atoms with Crippen molar-refractivity contribution in [3.8, 4) is 0 Å². The van der Waals surface area contributed by atoms with Crippen molar-refractivity contribution in [3.05, 3.63) is 24.3 Å². The molecule has 2 aromatic rings. The topological polar surface area (TPSA) is 49.8 Å². The summed E-state index contributed by atoms with van der Waals surface area (Å²) in [6.07, 6.45) is 3.26. The van der Waals surface area contributed by atoms with Gasteiger partial charge in [-0.1, -0.05) is 12.1 Å². The molecule has 1 heterocycles. The fraction of sp³-hybridized carbons (Fsp3) is 0.467. The Morgan fingerprint density at radius 1 is 1.25 bits per heavy atom. The first-order chi connectivity index (χ1) is 9.74. The van der Waals surface area contributed by atoms with Crippen LogP contribution in [-0.2, 0) is 0 Å². The van der Waals surface area contributed by atoms with E-state index in [1.54, 1.807) is 0 Å². The van der Waals surface area contributed by atoms with Gasteiger partial charge in [0.05, 0.1) is 5.52 Å². The van der Waals surface area contributed by atoms with Crippen molar-refractivity contribution in [3.63, 3.8) is 0 Å². The largest absolute Gasteiger partial charge is 0.367 e. The van der Waals surface area contributed by atoms with Crippen LogP contribution in [0.3, 0.4) is 0 Å². The summed E-state index contributed by atoms with van der Waals surface area (Å²) in [5, 5.41) is 7.78. The summed E-state index contributed by atoms with van der Waals surface area (Å²) in [5.74, 6) is 2.75. The van der Waals surface area contributed by atoms with E-state index >= 15 is 0 Å². The van der Waals surface area contributed by atoms with Gasteiger partial charge in [0.25, 0.3) is 0 Å². The molecule has 0 amide bonds. The molecule has 20 heavy (non-hydrogen) atoms. The van der Waals surface area contributed by atoms with Crippen LogP contribution in [0.25, 0.3) is 10.9 Å². The number of nitrogens with one attached hydrogen (secondary N) is 2. The number of anilines is 2. The molecule has 0 aliphatic heterocycles. The van der Waals surface area contributed by atoms with Gasteiger partial charge in [0.1, 0.15) is 5.82 Å². The first-order valence-corrected chi connectivity index (χ1v) is 8.40. The molecule has 1 aromatic heterocycles. The lowest BCUT2D eigenvalue weighted by Crippen LogP contribution is -2.18. The summed E-state index contributed by atoms with van der Waals surface area (Å²) < 4.78 is 0. The van der Waals surface area contributed by atoms with Gasteiger partial charge >= 0.3 is 0 Å². The number of rotatable bonds is 7. The maximum Gasteiger partial charge on any atom is 0.225 e. The summed E-state index contributed by atoms with van der Waals surface area (Å²) >= 11 is 1.87. The van der Waals surface area contributed by atoms with E-state index in [0.29, 0.717) is 12.0 Å². The third kappa shape index (κ3) is 3.76. The predicted molar refractivity (Wildman–Crippen MR) is 89.8 cm³/mol. The highest BCUT2D eigenvalue weighted by atomic mass is 32.2. The molecule has 108 valence electrons. The van der Waals surface area contributed by atoms with Crippen LogP contribution >= 0.6 is 11.8 Å². The highest BCUT2D eigenvalue weighted by Crippen LogP contribution is 2.22. The number of aromatic nitrogens is 2. The molecule has 0 fully saturated rings. The zero-order valence-corrected chi connectivity index (χ0v) is 13.1. The summed E-state index contributed by atoms with van der Waals surface area (Å²) in [4.78, 5) is 9.13. The molecule has 0 bridgehead atoms. The molecule has 2 rings (SSSR count). The minimum Gasteiger partial charge on any atom is -0.367 e. The molecule has 0 saturated carbocycles. The molecule has 0 saturated heterocycles. The zero-order valence-electron chi connectivity index (χ0n) is 12.3. The Bertz CT molecular complexity index is 559. The molecule has 4 nitrogen and oxygen atoms in total. The van der Waals surface area contributed by atoms with Gasteiger partial charge in [-0.3, -0.25) is 0 Å². The van der Waals surface area contributed by atoms with E-state index in [-0.39, 0.29) is 0 Å². The van der Waals surface area contributed by atoms with E-state index in [4.69, 9.17) is 0 Å². The van der Waals surface area contributed by atoms with Crippen LogP contribution in [0.4, 0.5) is 11.8 Å². The minimum atomic E-state index is 0.398. The molecule has 0 radical (unpaired) electrons. The van der Waals surface area contributed by atoms with Crippen LogP contribution in [0, 0.1) is 0 Å². The van der Waals surface area contributed by atoms with Crippen molar-refractivity contribution >= 4 is 34.4 Å². The standard InChI is InChI=1S/C15H22N4S/c1-4-16-15-18-13-8-6-5-7-12(13)14(19-15)17-11(2)9-10-20-3/h5-8,11H,4,9-10H2,1-3H3,(H2,16,17,18,19). The maximum absolute atomic E-state index is 4.60. The van der Waals surface area contributed by atoms with E-state index in [9.17, 15) is 0 Å². The van der Waals surface area contributed by atoms with Crippen molar-refractivity contribution in [2.45, 2.75) is 26.3 Å². The van der Waals surface area contributed by atoms with Gasteiger partial charge in [-0.25, -0.2) is 4.98 Å². The summed E-state index contributed by atoms with van der Waals surface area (Å²) in [5.41, 5.74) is 0.970. The van der Waals surface area contributed by atoms with Crippen LogP contribution in [-0.4, -0.2) is 34.6 Å². The van der Waals surface area contributed by atoms with Crippen LogP contribution in [0.15, 0.2) is 24.3 Å². The van der Waals surface area contributed by atoms with Crippen LogP contribution in [0.2, 0.25) is 0 Å². The fourth-order valence-electron chi connectivity index (χ4n) is 2.02. The number of nitrogens with zero attached hydrogens (tertiary/aromatic N) is 2. The fourth-order valence-corrected chi connectivity index (χ4v) is 2.61. The number of fused-ring (bicyclic) bond motifs is 1. The molecular formula is C15H22N4S. The quantitative estimate of drug-likeness (QED) is 0.815. The Hall–Kier alpha value is -1.49. The molecule has 0 aliphatic carbocycles. The lowest BCUT2D eigenvalue weighted by molar-refractivity contribution is 0.768. The third-order valence-corrected chi connectivity index (χ3v) is 3.72. The summed E-state index contributed by atoms with van der Waals surface area (Å²) in [6.45, 7) is 5.06. The van der Waals surface area contributed by atoms with Crippen LogP contribution < -0.4 is 10.6 Å². The van der Waals surface area contributed by atoms with Gasteiger partial charge in [-0.15, -0.1) is 0 Å². The second-order valence-electron chi connectivity index (χ2n) is 4.77. The summed E-state index contributed by atoms with van der Waals surface area (Å²) in [7, 11) is 0. The van der Waals surface area contributed by atoms with Gasteiger partial charge < -0.3 is 10.6 Å². The number of para-hydroxylation sites is 1. The predicted octanol–water partition coefficient (Wildman–Crippen LogP) is 3.62. The Morgan fingerprint density at radius 2 is 2.05 bits per heavy atom. The molecule has 1 unspecified atom stereocenters. The second-order valence-corrected chi connectivity index (χ2v) is 5.76. The van der Waals surface area contributed by atoms with Crippen molar-refractivity contribution < 1.29 is 0 Å². The molecule has 0 aliphatic rings. The van der Waals surface area contributed by atoms with E-state index in [1.165, 1.54) is 0 Å². The third-order valence-electron chi connectivity index (χ3n) is 3.08. The van der Waals surface area contributed by atoms with Crippen molar-refractivity contribution in [1.82, 2.24) is 9.97 Å². The van der Waals surface area contributed by atoms with E-state index in [1.807, 2.05) is 36.9 Å². The molecule has 2 N–H and O–H groups in total. The maximum atomic E-state index is 4.60. The average Bonchev–Trinajstić information content (AvgIpc) is 2.45. The van der Waals surface area contributed by atoms with Gasteiger partial charge in [0, 0.05) is 18.0 Å². The number of benzene rings is 1. The SMILES string of the molecule is CCNc1nc(NC(C)CCSC)c2ccccc2n1. The second kappa shape index (κ2) is 7.33. The highest BCUT2D eigenvalue weighted by molar-refractivity contribution is 7.98. The van der Waals surface area contributed by atoms with Crippen molar-refractivity contribution in [2.24, 2.45) is 0 Å². The zero-order chi connectivity index (χ0) is 14.4. The Labute approximate surface area is 124 Å². The van der Waals surface area contributed by atoms with E-state index in [2.05, 4.69) is 39.8 Å². The molecule has 5 heteroatoms. The highest BCUT2D eigenvalue weighted by Gasteiger charge is 2.09. The molecule has 0 spiro atoms. The van der Waals surface area contributed by atoms with Gasteiger partial charge in [0.2, 0.25) is 5.95 Å². The molecular weight excluding hydrogens is 268 g/mol. The molecule has 1 aromatic carbocycles. The lowest BCUT2D eigenvalue weighted by atomic mass is 10.2. The van der Waals surface area contributed by atoms with Gasteiger partial charge in [0.15, 0.2) is 0 Å². The van der Waals surface area contributed by atoms with E-state index in [0.717, 1.165) is 35.4 Å². The Morgan fingerprint density at radius 3 is 2.80 bits per heavy atom. The first-order valence-electron chi connectivity index (χ1n) is 7.00. The summed E-state index contributed by atoms with van der Waals surface area (Å²) in [6, 6.07) is 8.52. The lowest BCUT2D eigenvalue weighted by Gasteiger charge is -2.16.